The van der Waals surface area contributed by atoms with Crippen LogP contribution in [0.1, 0.15) is 10.4 Å². The molecule has 1 aromatic carbocycles. The van der Waals surface area contributed by atoms with Crippen LogP contribution in [0.5, 0.6) is 0 Å². The smallest absolute Gasteiger partial charge is 0.337 e. The number of benzene rings is 1. The van der Waals surface area contributed by atoms with Gasteiger partial charge < -0.3 is 4.74 Å². The minimum absolute atomic E-state index is 0.227. The second-order valence-corrected chi connectivity index (χ2v) is 2.99. The van der Waals surface area contributed by atoms with Gasteiger partial charge in [-0.3, -0.25) is 9.89 Å². The molecule has 0 aliphatic rings. The van der Waals surface area contributed by atoms with Crippen LogP contribution in [0.3, 0.4) is 0 Å². The lowest BCUT2D eigenvalue weighted by Gasteiger charge is -2.00. The molecule has 0 aliphatic heterocycles. The van der Waals surface area contributed by atoms with Crippen molar-refractivity contribution in [3.8, 4) is 0 Å². The first-order valence-electron chi connectivity index (χ1n) is 4.28. The number of aromatic nitrogens is 2. The summed E-state index contributed by atoms with van der Waals surface area (Å²) in [5.74, 6) is -0.465. The number of carbonyl (C=O) groups excluding carboxylic acids is 1. The predicted octanol–water partition coefficient (Wildman–Crippen LogP) is 0.710. The first kappa shape index (κ1) is 9.39. The van der Waals surface area contributed by atoms with Crippen molar-refractivity contribution in [1.29, 1.82) is 0 Å². The average Bonchev–Trinajstić information content (AvgIpc) is 2.28. The highest BCUT2D eigenvalue weighted by Crippen LogP contribution is 2.09. The molecule has 0 spiro atoms. The maximum absolute atomic E-state index is 11.4. The van der Waals surface area contributed by atoms with Gasteiger partial charge in [-0.15, -0.1) is 0 Å². The van der Waals surface area contributed by atoms with Gasteiger partial charge in [-0.1, -0.05) is 0 Å². The Kier molecular flexibility index (Phi) is 2.21. The van der Waals surface area contributed by atoms with Gasteiger partial charge in [0.25, 0.3) is 0 Å². The number of aromatic amines is 1. The number of nitrogens with one attached hydrogen (secondary N) is 1. The molecule has 5 nitrogen and oxygen atoms in total. The second-order valence-electron chi connectivity index (χ2n) is 2.99. The minimum atomic E-state index is -0.465. The Balaban J connectivity index is 2.70. The molecule has 0 unspecified atom stereocenters. The summed E-state index contributed by atoms with van der Waals surface area (Å²) >= 11 is 0. The zero-order valence-corrected chi connectivity index (χ0v) is 7.98. The first-order chi connectivity index (χ1) is 7.22. The summed E-state index contributed by atoms with van der Waals surface area (Å²) in [6.07, 6.45) is 1.17. The molecule has 0 aliphatic carbocycles. The Morgan fingerprint density at radius 2 is 2.27 bits per heavy atom. The third-order valence-corrected chi connectivity index (χ3v) is 2.07. The van der Waals surface area contributed by atoms with Gasteiger partial charge in [-0.2, -0.15) is 5.10 Å². The third kappa shape index (κ3) is 1.59. The highest BCUT2D eigenvalue weighted by molar-refractivity contribution is 5.94. The van der Waals surface area contributed by atoms with Crippen molar-refractivity contribution in [2.24, 2.45) is 0 Å². The van der Waals surface area contributed by atoms with Gasteiger partial charge in [0.1, 0.15) is 0 Å². The molecule has 5 heteroatoms. The minimum Gasteiger partial charge on any atom is -0.465 e. The molecule has 0 saturated carbocycles. The van der Waals surface area contributed by atoms with Gasteiger partial charge in [0.05, 0.1) is 24.4 Å². The molecule has 0 saturated heterocycles. The molecule has 2 aromatic rings. The summed E-state index contributed by atoms with van der Waals surface area (Å²) in [5.41, 5.74) is 0.714. The number of fused-ring (bicyclic) bond motifs is 1. The Morgan fingerprint density at radius 1 is 1.47 bits per heavy atom. The van der Waals surface area contributed by atoms with Crippen molar-refractivity contribution in [3.63, 3.8) is 0 Å². The molecule has 0 radical (unpaired) electrons. The molecule has 0 atom stereocenters. The number of H-pyrrole nitrogens is 1. The van der Waals surface area contributed by atoms with Gasteiger partial charge >= 0.3 is 5.97 Å². The van der Waals surface area contributed by atoms with E-state index in [1.807, 2.05) is 0 Å². The average molecular weight is 204 g/mol. The number of hydrogen-bond acceptors (Lipinski definition) is 4. The van der Waals surface area contributed by atoms with Gasteiger partial charge in [-0.05, 0) is 18.2 Å². The zero-order chi connectivity index (χ0) is 10.8. The van der Waals surface area contributed by atoms with Crippen molar-refractivity contribution in [1.82, 2.24) is 10.2 Å². The molecular formula is C10H8N2O3. The lowest BCUT2D eigenvalue weighted by Crippen LogP contribution is -2.06. The normalized spacial score (nSPS) is 10.2. The highest BCUT2D eigenvalue weighted by Gasteiger charge is 2.07. The Morgan fingerprint density at radius 3 is 3.00 bits per heavy atom. The van der Waals surface area contributed by atoms with Crippen LogP contribution in [0.4, 0.5) is 0 Å². The summed E-state index contributed by atoms with van der Waals surface area (Å²) in [7, 11) is 1.29. The number of ether oxygens (including phenoxy) is 1. The largest absolute Gasteiger partial charge is 0.465 e. The molecule has 1 aromatic heterocycles. The second kappa shape index (κ2) is 3.53. The van der Waals surface area contributed by atoms with Crippen molar-refractivity contribution in [2.45, 2.75) is 0 Å². The van der Waals surface area contributed by atoms with Crippen molar-refractivity contribution < 1.29 is 9.53 Å². The molecule has 2 rings (SSSR count). The van der Waals surface area contributed by atoms with Crippen molar-refractivity contribution in [2.75, 3.05) is 7.11 Å². The fraction of sp³-hybridized carbons (Fsp3) is 0.100. The van der Waals surface area contributed by atoms with E-state index in [0.29, 0.717) is 16.5 Å². The molecule has 0 amide bonds. The van der Waals surface area contributed by atoms with Crippen LogP contribution in [0.2, 0.25) is 0 Å². The Bertz CT molecular complexity index is 574. The molecule has 76 valence electrons. The predicted molar refractivity (Wildman–Crippen MR) is 53.7 cm³/mol. The number of methoxy groups -OCH3 is 1. The number of esters is 1. The van der Waals surface area contributed by atoms with E-state index in [0.717, 1.165) is 0 Å². The van der Waals surface area contributed by atoms with Crippen LogP contribution >= 0.6 is 0 Å². The molecule has 1 N–H and O–H groups in total. The summed E-state index contributed by atoms with van der Waals surface area (Å²) in [4.78, 5) is 22.6. The fourth-order valence-corrected chi connectivity index (χ4v) is 1.32. The third-order valence-electron chi connectivity index (χ3n) is 2.07. The van der Waals surface area contributed by atoms with E-state index in [1.54, 1.807) is 12.1 Å². The van der Waals surface area contributed by atoms with Crippen LogP contribution in [0.25, 0.3) is 10.9 Å². The monoisotopic (exact) mass is 204 g/mol. The van der Waals surface area contributed by atoms with Gasteiger partial charge in [0.15, 0.2) is 0 Å². The Hall–Kier alpha value is -2.17. The van der Waals surface area contributed by atoms with Crippen LogP contribution in [-0.2, 0) is 4.74 Å². The summed E-state index contributed by atoms with van der Waals surface area (Å²) in [5, 5.41) is 6.75. The van der Waals surface area contributed by atoms with Crippen LogP contribution in [0, 0.1) is 0 Å². The lowest BCUT2D eigenvalue weighted by molar-refractivity contribution is 0.0601. The molecule has 0 bridgehead atoms. The highest BCUT2D eigenvalue weighted by atomic mass is 16.5. The summed E-state index contributed by atoms with van der Waals surface area (Å²) < 4.78 is 4.56. The molecule has 0 fully saturated rings. The quantitative estimate of drug-likeness (QED) is 0.694. The van der Waals surface area contributed by atoms with E-state index in [4.69, 9.17) is 0 Å². The van der Waals surface area contributed by atoms with E-state index >= 15 is 0 Å². The Labute approximate surface area is 84.7 Å². The number of carbonyl (C=O) groups is 1. The van der Waals surface area contributed by atoms with Gasteiger partial charge in [-0.25, -0.2) is 4.79 Å². The number of nitrogens with zero attached hydrogens (tertiary/aromatic N) is 1. The molecule has 1 heterocycles. The first-order valence-corrected chi connectivity index (χ1v) is 4.28. The zero-order valence-electron chi connectivity index (χ0n) is 7.98. The van der Waals surface area contributed by atoms with Crippen molar-refractivity contribution in [3.05, 3.63) is 40.2 Å². The number of rotatable bonds is 1. The van der Waals surface area contributed by atoms with E-state index < -0.39 is 5.97 Å². The summed E-state index contributed by atoms with van der Waals surface area (Å²) in [6, 6.07) is 4.68. The van der Waals surface area contributed by atoms with Crippen LogP contribution in [-0.4, -0.2) is 23.3 Å². The maximum Gasteiger partial charge on any atom is 0.337 e. The van der Waals surface area contributed by atoms with E-state index in [-0.39, 0.29) is 5.43 Å². The van der Waals surface area contributed by atoms with Gasteiger partial charge in [0, 0.05) is 5.39 Å². The SMILES string of the molecule is COC(=O)c1ccc2[nH]ncc(=O)c2c1. The van der Waals surface area contributed by atoms with E-state index in [2.05, 4.69) is 14.9 Å². The van der Waals surface area contributed by atoms with E-state index in [9.17, 15) is 9.59 Å². The van der Waals surface area contributed by atoms with Crippen LogP contribution in [0.15, 0.2) is 29.2 Å². The van der Waals surface area contributed by atoms with Gasteiger partial charge in [0.2, 0.25) is 5.43 Å². The topological polar surface area (TPSA) is 72.1 Å². The fourth-order valence-electron chi connectivity index (χ4n) is 1.32. The summed E-state index contributed by atoms with van der Waals surface area (Å²) in [6.45, 7) is 0. The van der Waals surface area contributed by atoms with Crippen molar-refractivity contribution >= 4 is 16.9 Å². The lowest BCUT2D eigenvalue weighted by atomic mass is 10.1. The molecular weight excluding hydrogens is 196 g/mol. The maximum atomic E-state index is 11.4. The van der Waals surface area contributed by atoms with Crippen LogP contribution < -0.4 is 5.43 Å². The standard InChI is InChI=1S/C10H8N2O3/c1-15-10(14)6-2-3-8-7(4-6)9(13)5-11-12-8/h2-5H,1H3,(H,12,13). The number of hydrogen-bond donors (Lipinski definition) is 1. The molecule has 15 heavy (non-hydrogen) atoms. The van der Waals surface area contributed by atoms with E-state index in [1.165, 1.54) is 19.4 Å².